The molecule has 1 aliphatic heterocycles. The zero-order valence-electron chi connectivity index (χ0n) is 27.9. The molecular formula is C35H60O5Si. The van der Waals surface area contributed by atoms with E-state index in [1.807, 2.05) is 19.9 Å². The largest absolute Gasteiger partial charge is 0.457 e. The number of carbonyl (C=O) groups excluding carboxylic acids is 2. The Morgan fingerprint density at radius 3 is 2.20 bits per heavy atom. The van der Waals surface area contributed by atoms with E-state index in [9.17, 15) is 9.59 Å². The number of ether oxygens (including phenoxy) is 2. The summed E-state index contributed by atoms with van der Waals surface area (Å²) in [5, 5.41) is 0. The molecule has 0 spiro atoms. The number of carbonyl (C=O) groups is 2. The molecule has 0 aliphatic carbocycles. The average Bonchev–Trinajstić information content (AvgIpc) is 2.87. The maximum absolute atomic E-state index is 13.1. The highest BCUT2D eigenvalue weighted by atomic mass is 28.4. The highest BCUT2D eigenvalue weighted by Crippen LogP contribution is 2.44. The molecule has 6 heteroatoms. The van der Waals surface area contributed by atoms with Gasteiger partial charge in [0.1, 0.15) is 6.10 Å². The number of unbranched alkanes of at least 4 members (excludes halogenated alkanes) is 1. The second-order valence-electron chi connectivity index (χ2n) is 13.0. The zero-order chi connectivity index (χ0) is 31.3. The molecule has 0 aromatic rings. The zero-order valence-corrected chi connectivity index (χ0v) is 28.9. The molecule has 1 rings (SSSR count). The minimum atomic E-state index is -2.17. The first-order chi connectivity index (χ1) is 19.2. The van der Waals surface area contributed by atoms with Gasteiger partial charge in [-0.3, -0.25) is 9.59 Å². The van der Waals surface area contributed by atoms with Crippen LogP contribution in [0.4, 0.5) is 0 Å². The molecule has 234 valence electrons. The summed E-state index contributed by atoms with van der Waals surface area (Å²) in [6, 6.07) is 0. The average molecular weight is 589 g/mol. The molecule has 5 nitrogen and oxygen atoms in total. The smallest absolute Gasteiger partial charge is 0.306 e. The fraction of sp³-hybridized carbons (Fsp3) is 0.714. The van der Waals surface area contributed by atoms with Gasteiger partial charge in [-0.25, -0.2) is 0 Å². The lowest BCUT2D eigenvalue weighted by Gasteiger charge is -2.45. The third-order valence-corrected chi connectivity index (χ3v) is 14.7. The summed E-state index contributed by atoms with van der Waals surface area (Å²) in [5.74, 6) is -0.840. The quantitative estimate of drug-likeness (QED) is 0.144. The molecule has 0 radical (unpaired) electrons. The van der Waals surface area contributed by atoms with Crippen LogP contribution in [0, 0.1) is 17.8 Å². The monoisotopic (exact) mass is 588 g/mol. The number of cyclic esters (lactones) is 1. The molecule has 0 aromatic carbocycles. The lowest BCUT2D eigenvalue weighted by molar-refractivity contribution is -0.166. The molecule has 1 aliphatic rings. The van der Waals surface area contributed by atoms with E-state index >= 15 is 0 Å². The number of rotatable bonds is 10. The van der Waals surface area contributed by atoms with Crippen LogP contribution in [-0.2, 0) is 23.5 Å². The van der Waals surface area contributed by atoms with E-state index in [1.54, 1.807) is 0 Å². The van der Waals surface area contributed by atoms with E-state index in [1.165, 1.54) is 6.92 Å². The predicted molar refractivity (Wildman–Crippen MR) is 174 cm³/mol. The van der Waals surface area contributed by atoms with Crippen molar-refractivity contribution in [3.63, 3.8) is 0 Å². The Bertz CT molecular complexity index is 894. The Balaban J connectivity index is 3.64. The Morgan fingerprint density at radius 2 is 1.66 bits per heavy atom. The van der Waals surface area contributed by atoms with Gasteiger partial charge in [0.15, 0.2) is 6.10 Å². The molecule has 0 unspecified atom stereocenters. The van der Waals surface area contributed by atoms with Gasteiger partial charge in [-0.05, 0) is 47.9 Å². The fourth-order valence-corrected chi connectivity index (χ4v) is 11.7. The van der Waals surface area contributed by atoms with Gasteiger partial charge in [0.2, 0.25) is 8.32 Å². The van der Waals surface area contributed by atoms with E-state index < -0.39 is 26.5 Å². The molecule has 0 amide bonds. The van der Waals surface area contributed by atoms with Crippen molar-refractivity contribution in [2.75, 3.05) is 0 Å². The van der Waals surface area contributed by atoms with Gasteiger partial charge >= 0.3 is 11.9 Å². The SMILES string of the molecule is C=C1CC/C=C/[C@H](O[Si](C(C)C)(C(C)C)C(C)C)[C@H](C)/C=C/[C@@H](OC(C)=O)[C@@H]([C@H](C)/C=C/CCC)OC(=O)C[C@H]1C. The maximum atomic E-state index is 13.1. The fourth-order valence-electron chi connectivity index (χ4n) is 6.17. The first-order valence-corrected chi connectivity index (χ1v) is 18.0. The lowest BCUT2D eigenvalue weighted by Crippen LogP contribution is -2.50. The highest BCUT2D eigenvalue weighted by molar-refractivity contribution is 6.77. The van der Waals surface area contributed by atoms with Crippen LogP contribution in [0.5, 0.6) is 0 Å². The second-order valence-corrected chi connectivity index (χ2v) is 18.4. The molecule has 0 saturated carbocycles. The Hall–Kier alpha value is -1.92. The van der Waals surface area contributed by atoms with Gasteiger partial charge in [0, 0.05) is 18.8 Å². The van der Waals surface area contributed by atoms with Crippen LogP contribution in [0.1, 0.15) is 108 Å². The third-order valence-electron chi connectivity index (χ3n) is 8.60. The van der Waals surface area contributed by atoms with Crippen molar-refractivity contribution in [3.05, 3.63) is 48.6 Å². The van der Waals surface area contributed by atoms with Gasteiger partial charge in [-0.1, -0.05) is 118 Å². The van der Waals surface area contributed by atoms with Crippen LogP contribution in [0.25, 0.3) is 0 Å². The van der Waals surface area contributed by atoms with Gasteiger partial charge in [0.25, 0.3) is 0 Å². The van der Waals surface area contributed by atoms with Crippen molar-refractivity contribution in [3.8, 4) is 0 Å². The Labute approximate surface area is 253 Å². The number of hydrogen-bond acceptors (Lipinski definition) is 5. The van der Waals surface area contributed by atoms with E-state index in [4.69, 9.17) is 13.9 Å². The van der Waals surface area contributed by atoms with Gasteiger partial charge in [-0.2, -0.15) is 0 Å². The third kappa shape index (κ3) is 11.4. The summed E-state index contributed by atoms with van der Waals surface area (Å²) in [5.41, 5.74) is 2.40. The van der Waals surface area contributed by atoms with Crippen LogP contribution < -0.4 is 0 Å². The second kappa shape index (κ2) is 17.9. The van der Waals surface area contributed by atoms with Crippen molar-refractivity contribution < 1.29 is 23.5 Å². The first kappa shape index (κ1) is 37.1. The minimum absolute atomic E-state index is 0.0100. The van der Waals surface area contributed by atoms with Crippen LogP contribution in [0.3, 0.4) is 0 Å². The summed E-state index contributed by atoms with van der Waals surface area (Å²) < 4.78 is 19.2. The van der Waals surface area contributed by atoms with Crippen LogP contribution >= 0.6 is 0 Å². The summed E-state index contributed by atoms with van der Waals surface area (Å²) in [4.78, 5) is 25.4. The van der Waals surface area contributed by atoms with Crippen molar-refractivity contribution in [2.24, 2.45) is 17.8 Å². The molecule has 0 bridgehead atoms. The number of esters is 2. The van der Waals surface area contributed by atoms with Crippen molar-refractivity contribution in [2.45, 2.75) is 143 Å². The topological polar surface area (TPSA) is 61.8 Å². The van der Waals surface area contributed by atoms with Crippen LogP contribution in [0.2, 0.25) is 16.6 Å². The van der Waals surface area contributed by atoms with E-state index in [2.05, 4.69) is 92.3 Å². The summed E-state index contributed by atoms with van der Waals surface area (Å²) in [6.45, 7) is 27.8. The minimum Gasteiger partial charge on any atom is -0.457 e. The molecule has 0 fully saturated rings. The predicted octanol–water partition coefficient (Wildman–Crippen LogP) is 9.51. The summed E-state index contributed by atoms with van der Waals surface area (Å²) in [6.07, 6.45) is 15.0. The van der Waals surface area contributed by atoms with Crippen molar-refractivity contribution in [1.29, 1.82) is 0 Å². The molecule has 0 N–H and O–H groups in total. The van der Waals surface area contributed by atoms with Crippen LogP contribution in [-0.4, -0.2) is 38.6 Å². The molecule has 1 heterocycles. The Morgan fingerprint density at radius 1 is 1.05 bits per heavy atom. The Kier molecular flexibility index (Phi) is 16.2. The van der Waals surface area contributed by atoms with Crippen molar-refractivity contribution in [1.82, 2.24) is 0 Å². The number of hydrogen-bond donors (Lipinski definition) is 0. The molecule has 0 saturated heterocycles. The normalized spacial score (nSPS) is 27.9. The summed E-state index contributed by atoms with van der Waals surface area (Å²) in [7, 11) is -2.17. The van der Waals surface area contributed by atoms with E-state index in [0.717, 1.165) is 31.3 Å². The highest BCUT2D eigenvalue weighted by Gasteiger charge is 2.46. The van der Waals surface area contributed by atoms with E-state index in [0.29, 0.717) is 16.6 Å². The van der Waals surface area contributed by atoms with Crippen LogP contribution in [0.15, 0.2) is 48.6 Å². The standard InChI is InChI=1S/C35H60O5Si/c1-13-14-15-19-29(10)35-33(38-31(12)36)22-21-28(9)32(40-41(24(2)3,25(4)5)26(6)7)20-17-16-18-27(8)30(11)23-34(37)39-35/h15,17,19-22,24-26,28-30,32-33,35H,8,13-14,16,18,23H2,1-7,9-12H3/b19-15+,20-17+,22-21+/t28-,29-,30-,32+,33-,35-/m1/s1. The van der Waals surface area contributed by atoms with Gasteiger partial charge in [-0.15, -0.1) is 0 Å². The maximum Gasteiger partial charge on any atom is 0.306 e. The first-order valence-electron chi connectivity index (χ1n) is 15.9. The summed E-state index contributed by atoms with van der Waals surface area (Å²) >= 11 is 0. The van der Waals surface area contributed by atoms with Gasteiger partial charge in [0.05, 0.1) is 12.5 Å². The molecule has 41 heavy (non-hydrogen) atoms. The lowest BCUT2D eigenvalue weighted by atomic mass is 9.94. The molecular weight excluding hydrogens is 528 g/mol. The van der Waals surface area contributed by atoms with Gasteiger partial charge < -0.3 is 13.9 Å². The van der Waals surface area contributed by atoms with Crippen molar-refractivity contribution >= 4 is 20.3 Å². The van der Waals surface area contributed by atoms with E-state index in [-0.39, 0.29) is 36.2 Å². The molecule has 6 atom stereocenters. The molecule has 0 aromatic heterocycles. The number of allylic oxidation sites excluding steroid dienone is 3.